The van der Waals surface area contributed by atoms with Gasteiger partial charge in [0, 0.05) is 17.1 Å². The number of carbonyl (C=O) groups is 3. The van der Waals surface area contributed by atoms with E-state index in [1.165, 1.54) is 4.90 Å². The summed E-state index contributed by atoms with van der Waals surface area (Å²) in [6, 6.07) is 17.6. The Labute approximate surface area is 219 Å². The number of benzene rings is 3. The predicted molar refractivity (Wildman–Crippen MR) is 137 cm³/mol. The van der Waals surface area contributed by atoms with Crippen LogP contribution in [0.5, 0.6) is 17.2 Å². The minimum atomic E-state index is -0.975. The van der Waals surface area contributed by atoms with Crippen molar-refractivity contribution in [2.24, 2.45) is 0 Å². The Morgan fingerprint density at radius 3 is 2.49 bits per heavy atom. The largest absolute Gasteiger partial charge is 0.494 e. The van der Waals surface area contributed by atoms with E-state index < -0.39 is 11.9 Å². The lowest BCUT2D eigenvalue weighted by Crippen LogP contribution is -2.45. The summed E-state index contributed by atoms with van der Waals surface area (Å²) in [6.07, 6.45) is 0.740. The maximum atomic E-state index is 13.7. The van der Waals surface area contributed by atoms with Crippen molar-refractivity contribution in [3.63, 3.8) is 0 Å². The lowest BCUT2D eigenvalue weighted by Gasteiger charge is -2.28. The minimum Gasteiger partial charge on any atom is -0.494 e. The van der Waals surface area contributed by atoms with Crippen LogP contribution in [0.25, 0.3) is 0 Å². The van der Waals surface area contributed by atoms with E-state index in [1.54, 1.807) is 60.7 Å². The zero-order valence-electron chi connectivity index (χ0n) is 20.2. The van der Waals surface area contributed by atoms with E-state index in [4.69, 9.17) is 25.8 Å². The van der Waals surface area contributed by atoms with Gasteiger partial charge in [0.15, 0.2) is 11.5 Å². The second-order valence-corrected chi connectivity index (χ2v) is 9.19. The van der Waals surface area contributed by atoms with Crippen LogP contribution in [0.1, 0.15) is 35.7 Å². The van der Waals surface area contributed by atoms with Gasteiger partial charge in [-0.1, -0.05) is 24.6 Å². The molecule has 2 aliphatic rings. The zero-order chi connectivity index (χ0) is 25.9. The first kappa shape index (κ1) is 24.6. The van der Waals surface area contributed by atoms with Crippen molar-refractivity contribution in [2.45, 2.75) is 32.4 Å². The van der Waals surface area contributed by atoms with Crippen molar-refractivity contribution in [2.75, 3.05) is 18.3 Å². The van der Waals surface area contributed by atoms with Gasteiger partial charge >= 0.3 is 0 Å². The average molecular weight is 521 g/mol. The van der Waals surface area contributed by atoms with E-state index in [0.29, 0.717) is 40.1 Å². The van der Waals surface area contributed by atoms with Crippen LogP contribution in [0, 0.1) is 0 Å². The van der Waals surface area contributed by atoms with Crippen LogP contribution in [-0.2, 0) is 16.1 Å². The molecule has 3 aromatic carbocycles. The molecule has 3 aromatic rings. The molecule has 1 fully saturated rings. The third-order valence-corrected chi connectivity index (χ3v) is 6.46. The van der Waals surface area contributed by atoms with E-state index in [-0.39, 0.29) is 31.6 Å². The summed E-state index contributed by atoms with van der Waals surface area (Å²) in [5.74, 6) is 0.613. The molecule has 0 unspecified atom stereocenters. The molecule has 9 heteroatoms. The molecule has 5 rings (SSSR count). The highest BCUT2D eigenvalue weighted by molar-refractivity contribution is 6.30. The first-order valence-corrected chi connectivity index (χ1v) is 12.4. The van der Waals surface area contributed by atoms with E-state index in [1.807, 2.05) is 13.0 Å². The Morgan fingerprint density at radius 2 is 1.76 bits per heavy atom. The quantitative estimate of drug-likeness (QED) is 0.395. The topological polar surface area (TPSA) is 85.4 Å². The summed E-state index contributed by atoms with van der Waals surface area (Å²) in [4.78, 5) is 42.9. The monoisotopic (exact) mass is 520 g/mol. The maximum Gasteiger partial charge on any atom is 0.257 e. The van der Waals surface area contributed by atoms with Gasteiger partial charge in [-0.05, 0) is 72.6 Å². The summed E-state index contributed by atoms with van der Waals surface area (Å²) < 4.78 is 16.5. The van der Waals surface area contributed by atoms with E-state index in [9.17, 15) is 14.4 Å². The van der Waals surface area contributed by atoms with Gasteiger partial charge in [-0.15, -0.1) is 0 Å². The number of nitrogens with zero attached hydrogens (tertiary/aromatic N) is 2. The SMILES string of the molecule is CCCOc1ccc(N2C(=O)C[C@@H](N(Cc3ccc4c(c3)OCO4)C(=O)c3ccc(Cl)cc3)C2=O)cc1. The van der Waals surface area contributed by atoms with Gasteiger partial charge in [0.25, 0.3) is 11.8 Å². The van der Waals surface area contributed by atoms with Gasteiger partial charge in [0.2, 0.25) is 12.7 Å². The Balaban J connectivity index is 1.44. The molecule has 0 saturated carbocycles. The molecule has 8 nitrogen and oxygen atoms in total. The normalized spacial score (nSPS) is 16.3. The van der Waals surface area contributed by atoms with E-state index >= 15 is 0 Å². The summed E-state index contributed by atoms with van der Waals surface area (Å²) in [5.41, 5.74) is 1.53. The first-order chi connectivity index (χ1) is 17.9. The highest BCUT2D eigenvalue weighted by atomic mass is 35.5. The van der Waals surface area contributed by atoms with Gasteiger partial charge in [0.1, 0.15) is 11.8 Å². The third kappa shape index (κ3) is 5.11. The number of hydrogen-bond donors (Lipinski definition) is 0. The standard InChI is InChI=1S/C28H25ClN2O6/c1-2-13-35-22-10-8-21(9-11-22)31-26(32)15-23(28(31)34)30(27(33)19-4-6-20(29)7-5-19)16-18-3-12-24-25(14-18)37-17-36-24/h3-12,14,23H,2,13,15-17H2,1H3/t23-/m1/s1. The molecule has 0 spiro atoms. The number of amides is 3. The first-order valence-electron chi connectivity index (χ1n) is 12.0. The van der Waals surface area contributed by atoms with Crippen LogP contribution in [0.2, 0.25) is 5.02 Å². The fourth-order valence-corrected chi connectivity index (χ4v) is 4.49. The van der Waals surface area contributed by atoms with Crippen molar-refractivity contribution in [1.29, 1.82) is 0 Å². The van der Waals surface area contributed by atoms with Crippen LogP contribution >= 0.6 is 11.6 Å². The number of rotatable bonds is 8. The summed E-state index contributed by atoms with van der Waals surface area (Å²) in [5, 5.41) is 0.489. The number of anilines is 1. The molecular formula is C28H25ClN2O6. The smallest absolute Gasteiger partial charge is 0.257 e. The fraction of sp³-hybridized carbons (Fsp3) is 0.250. The highest BCUT2D eigenvalue weighted by Gasteiger charge is 2.44. The lowest BCUT2D eigenvalue weighted by molar-refractivity contribution is -0.122. The molecule has 2 heterocycles. The number of ether oxygens (including phenoxy) is 3. The van der Waals surface area contributed by atoms with Crippen LogP contribution in [0.3, 0.4) is 0 Å². The Hall–Kier alpha value is -4.04. The highest BCUT2D eigenvalue weighted by Crippen LogP contribution is 2.34. The van der Waals surface area contributed by atoms with Crippen molar-refractivity contribution < 1.29 is 28.6 Å². The fourth-order valence-electron chi connectivity index (χ4n) is 4.36. The number of fused-ring (bicyclic) bond motifs is 1. The second kappa shape index (κ2) is 10.5. The molecule has 1 saturated heterocycles. The molecular weight excluding hydrogens is 496 g/mol. The third-order valence-electron chi connectivity index (χ3n) is 6.21. The van der Waals surface area contributed by atoms with Crippen LogP contribution in [0.15, 0.2) is 66.7 Å². The second-order valence-electron chi connectivity index (χ2n) is 8.76. The number of imide groups is 1. The van der Waals surface area contributed by atoms with Crippen LogP contribution < -0.4 is 19.1 Å². The molecule has 190 valence electrons. The molecule has 0 aliphatic carbocycles. The van der Waals surface area contributed by atoms with Gasteiger partial charge in [0.05, 0.1) is 18.7 Å². The predicted octanol–water partition coefficient (Wildman–Crippen LogP) is 4.83. The van der Waals surface area contributed by atoms with Crippen molar-refractivity contribution in [3.05, 3.63) is 82.9 Å². The number of hydrogen-bond acceptors (Lipinski definition) is 6. The average Bonchev–Trinajstić information content (AvgIpc) is 3.49. The zero-order valence-corrected chi connectivity index (χ0v) is 20.9. The van der Waals surface area contributed by atoms with Crippen LogP contribution in [0.4, 0.5) is 5.69 Å². The minimum absolute atomic E-state index is 0.0966. The number of halogens is 1. The van der Waals surface area contributed by atoms with Gasteiger partial charge in [-0.3, -0.25) is 14.4 Å². The van der Waals surface area contributed by atoms with Gasteiger partial charge in [-0.2, -0.15) is 0 Å². The van der Waals surface area contributed by atoms with Gasteiger partial charge in [-0.25, -0.2) is 4.90 Å². The molecule has 0 aromatic heterocycles. The summed E-state index contributed by atoms with van der Waals surface area (Å²) >= 11 is 6.01. The molecule has 0 radical (unpaired) electrons. The molecule has 1 atom stereocenters. The van der Waals surface area contributed by atoms with Crippen molar-refractivity contribution >= 4 is 35.0 Å². The molecule has 3 amide bonds. The van der Waals surface area contributed by atoms with Crippen LogP contribution in [-0.4, -0.2) is 42.1 Å². The Morgan fingerprint density at radius 1 is 1.03 bits per heavy atom. The Kier molecular flexibility index (Phi) is 7.01. The molecule has 2 aliphatic heterocycles. The van der Waals surface area contributed by atoms with Gasteiger partial charge < -0.3 is 19.1 Å². The van der Waals surface area contributed by atoms with E-state index in [2.05, 4.69) is 0 Å². The van der Waals surface area contributed by atoms with Crippen molar-refractivity contribution in [1.82, 2.24) is 4.90 Å². The lowest BCUT2D eigenvalue weighted by atomic mass is 10.1. The van der Waals surface area contributed by atoms with Crippen molar-refractivity contribution in [3.8, 4) is 17.2 Å². The summed E-state index contributed by atoms with van der Waals surface area (Å²) in [7, 11) is 0. The van der Waals surface area contributed by atoms with E-state index in [0.717, 1.165) is 16.9 Å². The Bertz CT molecular complexity index is 1330. The maximum absolute atomic E-state index is 13.7. The summed E-state index contributed by atoms with van der Waals surface area (Å²) in [6.45, 7) is 2.81. The molecule has 37 heavy (non-hydrogen) atoms. The number of carbonyl (C=O) groups excluding carboxylic acids is 3. The molecule has 0 N–H and O–H groups in total. The molecule has 0 bridgehead atoms.